The molecule has 37 heavy (non-hydrogen) atoms. The van der Waals surface area contributed by atoms with Crippen molar-refractivity contribution in [1.82, 2.24) is 9.13 Å². The molecule has 2 atom stereocenters. The highest BCUT2D eigenvalue weighted by molar-refractivity contribution is 6.30. The van der Waals surface area contributed by atoms with E-state index in [0.717, 1.165) is 15.2 Å². The number of ether oxygens (including phenoxy) is 1. The number of hydrogen-bond donors (Lipinski definition) is 2. The van der Waals surface area contributed by atoms with Gasteiger partial charge < -0.3 is 15.2 Å². The second-order valence-electron chi connectivity index (χ2n) is 9.13. The van der Waals surface area contributed by atoms with Crippen LogP contribution in [0.4, 0.5) is 11.5 Å². The third-order valence-corrected chi connectivity index (χ3v) is 6.64. The minimum atomic E-state index is -1.08. The molecular weight excluding hydrogens is 494 g/mol. The topological polar surface area (TPSA) is 103 Å². The minimum absolute atomic E-state index is 0.115. The van der Waals surface area contributed by atoms with Gasteiger partial charge in [-0.25, -0.2) is 4.79 Å². The van der Waals surface area contributed by atoms with Crippen LogP contribution in [0, 0.1) is 11.8 Å². The molecule has 1 aromatic heterocycles. The molecule has 1 aliphatic rings. The molecule has 2 aromatic carbocycles. The van der Waals surface area contributed by atoms with Crippen LogP contribution >= 0.6 is 11.6 Å². The number of carboxylic acid groups (broad SMARTS) is 1. The Bertz CT molecular complexity index is 1460. The van der Waals surface area contributed by atoms with Crippen molar-refractivity contribution in [3.8, 4) is 11.5 Å². The number of rotatable bonds is 9. The van der Waals surface area contributed by atoms with Crippen LogP contribution in [0.3, 0.4) is 0 Å². The molecule has 0 saturated carbocycles. The van der Waals surface area contributed by atoms with Crippen molar-refractivity contribution < 1.29 is 14.6 Å². The maximum atomic E-state index is 13.4. The first-order chi connectivity index (χ1) is 17.7. The molecule has 0 saturated heterocycles. The van der Waals surface area contributed by atoms with E-state index in [4.69, 9.17) is 16.3 Å². The second kappa shape index (κ2) is 11.3. The van der Waals surface area contributed by atoms with Crippen LogP contribution in [-0.4, -0.2) is 20.2 Å². The zero-order valence-corrected chi connectivity index (χ0v) is 21.3. The summed E-state index contributed by atoms with van der Waals surface area (Å²) in [6, 6.07) is 17.8. The molecule has 3 aromatic rings. The van der Waals surface area contributed by atoms with E-state index in [1.54, 1.807) is 24.3 Å². The van der Waals surface area contributed by atoms with Gasteiger partial charge in [0.2, 0.25) is 0 Å². The largest absolute Gasteiger partial charge is 0.481 e. The molecule has 9 heteroatoms. The summed E-state index contributed by atoms with van der Waals surface area (Å²) in [5.74, 6) is -0.214. The van der Waals surface area contributed by atoms with Gasteiger partial charge in [-0.05, 0) is 60.4 Å². The number of nitrogens with one attached hydrogen (secondary N) is 1. The summed E-state index contributed by atoms with van der Waals surface area (Å²) < 4.78 is 8.25. The number of benzene rings is 2. The van der Waals surface area contributed by atoms with Crippen LogP contribution in [0.5, 0.6) is 11.5 Å². The van der Waals surface area contributed by atoms with Gasteiger partial charge in [0.25, 0.3) is 5.56 Å². The number of anilines is 2. The summed E-state index contributed by atoms with van der Waals surface area (Å²) in [5, 5.41) is 13.2. The number of para-hydroxylation sites is 1. The molecule has 2 N–H and O–H groups in total. The molecular formula is C28H28ClN3O5. The third-order valence-electron chi connectivity index (χ3n) is 6.14. The molecule has 192 valence electrons. The number of allylic oxidation sites excluding steroid dienone is 4. The van der Waals surface area contributed by atoms with E-state index in [-0.39, 0.29) is 19.0 Å². The lowest BCUT2D eigenvalue weighted by molar-refractivity contribution is -0.141. The highest BCUT2D eigenvalue weighted by Crippen LogP contribution is 2.29. The number of carboxylic acids is 1. The summed E-state index contributed by atoms with van der Waals surface area (Å²) in [6.45, 7) is 3.47. The van der Waals surface area contributed by atoms with Crippen molar-refractivity contribution in [3.05, 3.63) is 104 Å². The van der Waals surface area contributed by atoms with Crippen molar-refractivity contribution in [2.45, 2.75) is 33.4 Å². The zero-order valence-electron chi connectivity index (χ0n) is 20.6. The Balaban J connectivity index is 1.66. The van der Waals surface area contributed by atoms with Gasteiger partial charge in [0.15, 0.2) is 0 Å². The van der Waals surface area contributed by atoms with E-state index in [1.807, 2.05) is 49.4 Å². The summed E-state index contributed by atoms with van der Waals surface area (Å²) in [6.07, 6.45) is 4.36. The standard InChI is InChI=1S/C28H28ClN3O5/c1-18-14-20(8-13-24(18)29)17-31-25(15-26(33)32(28(31)36)16-19(2)27(34)35)30-21-9-11-23(12-10-21)37-22-6-4-3-5-7-22/h3-13,15,18-19,30H,14,16-17H2,1-2H3,(H,34,35)/t18?,19-/m0/s1. The fourth-order valence-electron chi connectivity index (χ4n) is 4.01. The molecule has 1 heterocycles. The highest BCUT2D eigenvalue weighted by atomic mass is 35.5. The van der Waals surface area contributed by atoms with Crippen molar-refractivity contribution in [2.75, 3.05) is 5.32 Å². The van der Waals surface area contributed by atoms with Crippen LogP contribution < -0.4 is 21.3 Å². The quantitative estimate of drug-likeness (QED) is 0.393. The van der Waals surface area contributed by atoms with E-state index < -0.39 is 23.1 Å². The van der Waals surface area contributed by atoms with Gasteiger partial charge in [0, 0.05) is 23.3 Å². The Hall–Kier alpha value is -4.04. The predicted molar refractivity (Wildman–Crippen MR) is 144 cm³/mol. The smallest absolute Gasteiger partial charge is 0.332 e. The van der Waals surface area contributed by atoms with E-state index in [9.17, 15) is 19.5 Å². The first-order valence-electron chi connectivity index (χ1n) is 11.9. The summed E-state index contributed by atoms with van der Waals surface area (Å²) in [7, 11) is 0. The lowest BCUT2D eigenvalue weighted by atomic mass is 9.95. The molecule has 0 amide bonds. The number of aromatic nitrogens is 2. The number of halogens is 1. The zero-order chi connectivity index (χ0) is 26.5. The molecule has 1 aliphatic carbocycles. The molecule has 0 spiro atoms. The van der Waals surface area contributed by atoms with Crippen molar-refractivity contribution in [3.63, 3.8) is 0 Å². The molecule has 0 bridgehead atoms. The van der Waals surface area contributed by atoms with Crippen LogP contribution in [0.1, 0.15) is 20.3 Å². The van der Waals surface area contributed by atoms with Crippen LogP contribution in [0.15, 0.2) is 93.0 Å². The summed E-state index contributed by atoms with van der Waals surface area (Å²) in [4.78, 5) is 37.7. The van der Waals surface area contributed by atoms with Crippen LogP contribution in [0.2, 0.25) is 0 Å². The Kier molecular flexibility index (Phi) is 7.98. The second-order valence-corrected chi connectivity index (χ2v) is 9.57. The van der Waals surface area contributed by atoms with Crippen molar-refractivity contribution in [2.24, 2.45) is 11.8 Å². The van der Waals surface area contributed by atoms with Gasteiger partial charge in [-0.3, -0.25) is 18.7 Å². The highest BCUT2D eigenvalue weighted by Gasteiger charge is 2.20. The van der Waals surface area contributed by atoms with E-state index in [1.165, 1.54) is 17.6 Å². The van der Waals surface area contributed by atoms with Gasteiger partial charge in [0.05, 0.1) is 12.5 Å². The Labute approximate surface area is 219 Å². The van der Waals surface area contributed by atoms with E-state index >= 15 is 0 Å². The molecule has 4 rings (SSSR count). The van der Waals surface area contributed by atoms with Gasteiger partial charge in [-0.15, -0.1) is 0 Å². The normalized spacial score (nSPS) is 15.9. The lowest BCUT2D eigenvalue weighted by Gasteiger charge is -2.22. The maximum Gasteiger partial charge on any atom is 0.332 e. The number of carbonyl (C=O) groups is 1. The van der Waals surface area contributed by atoms with Crippen LogP contribution in [-0.2, 0) is 17.9 Å². The van der Waals surface area contributed by atoms with E-state index in [2.05, 4.69) is 5.32 Å². The number of nitrogens with zero attached hydrogens (tertiary/aromatic N) is 2. The monoisotopic (exact) mass is 521 g/mol. The first kappa shape index (κ1) is 26.0. The average molecular weight is 522 g/mol. The summed E-state index contributed by atoms with van der Waals surface area (Å²) in [5.41, 5.74) is 0.458. The SMILES string of the molecule is CC1CC(Cn2c(Nc3ccc(Oc4ccccc4)cc3)cc(=O)n(C[C@H](C)C(=O)O)c2=O)=CC=C1Cl. The van der Waals surface area contributed by atoms with Crippen molar-refractivity contribution in [1.29, 1.82) is 0 Å². The number of aliphatic carboxylic acids is 1. The van der Waals surface area contributed by atoms with Crippen molar-refractivity contribution >= 4 is 29.1 Å². The predicted octanol–water partition coefficient (Wildman–Crippen LogP) is 5.36. The van der Waals surface area contributed by atoms with Gasteiger partial charge >= 0.3 is 11.7 Å². The molecule has 1 unspecified atom stereocenters. The van der Waals surface area contributed by atoms with Gasteiger partial charge in [-0.2, -0.15) is 0 Å². The molecule has 0 aliphatic heterocycles. The maximum absolute atomic E-state index is 13.4. The Morgan fingerprint density at radius 2 is 1.76 bits per heavy atom. The van der Waals surface area contributed by atoms with Crippen LogP contribution in [0.25, 0.3) is 0 Å². The fraction of sp³-hybridized carbons (Fsp3) is 0.250. The molecule has 8 nitrogen and oxygen atoms in total. The first-order valence-corrected chi connectivity index (χ1v) is 12.3. The minimum Gasteiger partial charge on any atom is -0.481 e. The Morgan fingerprint density at radius 1 is 1.08 bits per heavy atom. The fourth-order valence-corrected chi connectivity index (χ4v) is 4.15. The average Bonchev–Trinajstić information content (AvgIpc) is 2.88. The lowest BCUT2D eigenvalue weighted by Crippen LogP contribution is -2.42. The Morgan fingerprint density at radius 3 is 2.41 bits per heavy atom. The number of hydrogen-bond acceptors (Lipinski definition) is 5. The van der Waals surface area contributed by atoms with Gasteiger partial charge in [-0.1, -0.05) is 49.7 Å². The van der Waals surface area contributed by atoms with Gasteiger partial charge in [0.1, 0.15) is 17.3 Å². The molecule has 0 radical (unpaired) electrons. The summed E-state index contributed by atoms with van der Waals surface area (Å²) >= 11 is 6.23. The third kappa shape index (κ3) is 6.40. The van der Waals surface area contributed by atoms with E-state index in [0.29, 0.717) is 29.4 Å². The molecule has 0 fully saturated rings.